The molecule has 1 nitrogen and oxygen atoms in total. The highest BCUT2D eigenvalue weighted by Crippen LogP contribution is 2.40. The van der Waals surface area contributed by atoms with E-state index in [4.69, 9.17) is 11.6 Å². The van der Waals surface area contributed by atoms with Crippen LogP contribution in [0.3, 0.4) is 0 Å². The van der Waals surface area contributed by atoms with Gasteiger partial charge in [0.25, 0.3) is 0 Å². The number of hydrogen-bond acceptors (Lipinski definition) is 1. The Labute approximate surface area is 123 Å². The highest BCUT2D eigenvalue weighted by atomic mass is 35.5. The van der Waals surface area contributed by atoms with E-state index in [9.17, 15) is 9.50 Å². The maximum absolute atomic E-state index is 13.4. The van der Waals surface area contributed by atoms with Crippen molar-refractivity contribution in [3.05, 3.63) is 70.0 Å². The van der Waals surface area contributed by atoms with Crippen LogP contribution in [0.2, 0.25) is 5.02 Å². The molecule has 1 unspecified atom stereocenters. The van der Waals surface area contributed by atoms with Gasteiger partial charge in [0.05, 0.1) is 11.1 Å². The number of halogens is 2. The van der Waals surface area contributed by atoms with Gasteiger partial charge < -0.3 is 5.11 Å². The Balaban J connectivity index is 1.76. The zero-order valence-corrected chi connectivity index (χ0v) is 11.8. The van der Waals surface area contributed by atoms with Crippen LogP contribution in [0.5, 0.6) is 0 Å². The number of aliphatic hydroxyl groups is 1. The van der Waals surface area contributed by atoms with Crippen LogP contribution in [0.25, 0.3) is 0 Å². The SMILES string of the molecule is OC(Cc1ccc(Cl)c(F)c1)c1cccc(C2CC2)c1. The van der Waals surface area contributed by atoms with Gasteiger partial charge in [-0.25, -0.2) is 4.39 Å². The first-order chi connectivity index (χ1) is 9.63. The summed E-state index contributed by atoms with van der Waals surface area (Å²) in [6.07, 6.45) is 2.25. The van der Waals surface area contributed by atoms with E-state index in [1.807, 2.05) is 12.1 Å². The first kappa shape index (κ1) is 13.6. The van der Waals surface area contributed by atoms with Gasteiger partial charge in [-0.2, -0.15) is 0 Å². The molecule has 0 heterocycles. The lowest BCUT2D eigenvalue weighted by Crippen LogP contribution is -2.02. The number of hydrogen-bond donors (Lipinski definition) is 1. The average Bonchev–Trinajstić information content (AvgIpc) is 3.28. The molecule has 1 aliphatic rings. The van der Waals surface area contributed by atoms with Crippen molar-refractivity contribution in [2.45, 2.75) is 31.3 Å². The van der Waals surface area contributed by atoms with Gasteiger partial charge in [-0.05, 0) is 47.6 Å². The van der Waals surface area contributed by atoms with E-state index in [1.54, 1.807) is 6.07 Å². The van der Waals surface area contributed by atoms with Crippen LogP contribution in [0.15, 0.2) is 42.5 Å². The summed E-state index contributed by atoms with van der Waals surface area (Å²) < 4.78 is 13.4. The first-order valence-electron chi connectivity index (χ1n) is 6.85. The Morgan fingerprint density at radius 3 is 2.70 bits per heavy atom. The first-order valence-corrected chi connectivity index (χ1v) is 7.23. The van der Waals surface area contributed by atoms with E-state index < -0.39 is 11.9 Å². The third-order valence-corrected chi connectivity index (χ3v) is 4.06. The van der Waals surface area contributed by atoms with Crippen molar-refractivity contribution in [1.82, 2.24) is 0 Å². The van der Waals surface area contributed by atoms with Crippen LogP contribution in [0.4, 0.5) is 4.39 Å². The molecule has 3 rings (SSSR count). The van der Waals surface area contributed by atoms with Gasteiger partial charge in [0, 0.05) is 6.42 Å². The zero-order valence-electron chi connectivity index (χ0n) is 11.0. The third-order valence-electron chi connectivity index (χ3n) is 3.76. The fourth-order valence-corrected chi connectivity index (χ4v) is 2.56. The number of rotatable bonds is 4. The summed E-state index contributed by atoms with van der Waals surface area (Å²) in [5, 5.41) is 10.4. The predicted molar refractivity (Wildman–Crippen MR) is 78.5 cm³/mol. The summed E-state index contributed by atoms with van der Waals surface area (Å²) in [6, 6.07) is 12.7. The van der Waals surface area contributed by atoms with Gasteiger partial charge in [-0.3, -0.25) is 0 Å². The van der Waals surface area contributed by atoms with Crippen molar-refractivity contribution < 1.29 is 9.50 Å². The van der Waals surface area contributed by atoms with Crippen molar-refractivity contribution in [3.63, 3.8) is 0 Å². The van der Waals surface area contributed by atoms with Crippen molar-refractivity contribution >= 4 is 11.6 Å². The summed E-state index contributed by atoms with van der Waals surface area (Å²) in [6.45, 7) is 0. The van der Waals surface area contributed by atoms with Crippen LogP contribution in [-0.2, 0) is 6.42 Å². The van der Waals surface area contributed by atoms with Gasteiger partial charge in [-0.1, -0.05) is 41.9 Å². The molecule has 1 atom stereocenters. The Morgan fingerprint density at radius 1 is 1.20 bits per heavy atom. The van der Waals surface area contributed by atoms with E-state index in [0.717, 1.165) is 11.1 Å². The summed E-state index contributed by atoms with van der Waals surface area (Å²) in [5.74, 6) is 0.221. The van der Waals surface area contributed by atoms with E-state index in [1.165, 1.54) is 30.5 Å². The quantitative estimate of drug-likeness (QED) is 0.870. The number of aliphatic hydroxyl groups excluding tert-OH is 1. The molecule has 0 radical (unpaired) electrons. The molecule has 3 heteroatoms. The lowest BCUT2D eigenvalue weighted by molar-refractivity contribution is 0.178. The average molecular weight is 291 g/mol. The molecule has 104 valence electrons. The lowest BCUT2D eigenvalue weighted by atomic mass is 9.98. The van der Waals surface area contributed by atoms with E-state index in [0.29, 0.717) is 12.3 Å². The molecule has 0 amide bonds. The summed E-state index contributed by atoms with van der Waals surface area (Å²) >= 11 is 5.66. The predicted octanol–water partition coefficient (Wildman–Crippen LogP) is 4.63. The largest absolute Gasteiger partial charge is 0.388 e. The second kappa shape index (κ2) is 5.55. The van der Waals surface area contributed by atoms with Crippen molar-refractivity contribution in [2.75, 3.05) is 0 Å². The molecule has 1 saturated carbocycles. The van der Waals surface area contributed by atoms with Crippen molar-refractivity contribution in [2.24, 2.45) is 0 Å². The van der Waals surface area contributed by atoms with Crippen molar-refractivity contribution in [1.29, 1.82) is 0 Å². The third kappa shape index (κ3) is 3.02. The summed E-state index contributed by atoms with van der Waals surface area (Å²) in [4.78, 5) is 0. The molecule has 20 heavy (non-hydrogen) atoms. The van der Waals surface area contributed by atoms with Gasteiger partial charge in [0.2, 0.25) is 0 Å². The minimum Gasteiger partial charge on any atom is -0.388 e. The maximum Gasteiger partial charge on any atom is 0.142 e. The van der Waals surface area contributed by atoms with Crippen LogP contribution in [0, 0.1) is 5.82 Å². The van der Waals surface area contributed by atoms with Crippen LogP contribution in [0.1, 0.15) is 41.6 Å². The van der Waals surface area contributed by atoms with Gasteiger partial charge >= 0.3 is 0 Å². The Morgan fingerprint density at radius 2 is 2.00 bits per heavy atom. The number of benzene rings is 2. The van der Waals surface area contributed by atoms with Crippen LogP contribution in [-0.4, -0.2) is 5.11 Å². The highest BCUT2D eigenvalue weighted by Gasteiger charge is 2.24. The summed E-state index contributed by atoms with van der Waals surface area (Å²) in [5.41, 5.74) is 2.94. The fraction of sp³-hybridized carbons (Fsp3) is 0.294. The highest BCUT2D eigenvalue weighted by molar-refractivity contribution is 6.30. The second-order valence-electron chi connectivity index (χ2n) is 5.41. The molecule has 1 N–H and O–H groups in total. The topological polar surface area (TPSA) is 20.2 Å². The lowest BCUT2D eigenvalue weighted by Gasteiger charge is -2.13. The molecular weight excluding hydrogens is 275 g/mol. The van der Waals surface area contributed by atoms with Crippen LogP contribution >= 0.6 is 11.6 Å². The molecular formula is C17H16ClFO. The van der Waals surface area contributed by atoms with E-state index in [-0.39, 0.29) is 5.02 Å². The molecule has 0 spiro atoms. The minimum atomic E-state index is -0.616. The molecule has 0 aromatic heterocycles. The van der Waals surface area contributed by atoms with Crippen LogP contribution < -0.4 is 0 Å². The Bertz CT molecular complexity index is 622. The monoisotopic (exact) mass is 290 g/mol. The van der Waals surface area contributed by atoms with E-state index in [2.05, 4.69) is 12.1 Å². The molecule has 1 fully saturated rings. The minimum absolute atomic E-state index is 0.110. The van der Waals surface area contributed by atoms with E-state index >= 15 is 0 Å². The molecule has 2 aromatic rings. The zero-order chi connectivity index (χ0) is 14.1. The standard InChI is InChI=1S/C17H16ClFO/c18-15-7-4-11(8-16(15)19)9-17(20)14-3-1-2-13(10-14)12-5-6-12/h1-4,7-8,10,12,17,20H,5-6,9H2. The Hall–Kier alpha value is -1.38. The van der Waals surface area contributed by atoms with Gasteiger partial charge in [0.15, 0.2) is 0 Å². The second-order valence-corrected chi connectivity index (χ2v) is 5.82. The Kier molecular flexibility index (Phi) is 3.77. The molecule has 1 aliphatic carbocycles. The molecule has 2 aromatic carbocycles. The maximum atomic E-state index is 13.4. The molecule has 0 aliphatic heterocycles. The van der Waals surface area contributed by atoms with Gasteiger partial charge in [0.1, 0.15) is 5.82 Å². The molecule has 0 bridgehead atoms. The summed E-state index contributed by atoms with van der Waals surface area (Å²) in [7, 11) is 0. The fourth-order valence-electron chi connectivity index (χ4n) is 2.44. The molecule has 0 saturated heterocycles. The smallest absolute Gasteiger partial charge is 0.142 e. The van der Waals surface area contributed by atoms with Gasteiger partial charge in [-0.15, -0.1) is 0 Å². The van der Waals surface area contributed by atoms with Crippen molar-refractivity contribution in [3.8, 4) is 0 Å². The normalized spacial score (nSPS) is 16.1.